The fraction of sp³-hybridized carbons (Fsp3) is 0.500. The van der Waals surface area contributed by atoms with Crippen molar-refractivity contribution in [3.8, 4) is 0 Å². The molecule has 2 heterocycles. The van der Waals surface area contributed by atoms with Crippen molar-refractivity contribution in [2.45, 2.75) is 38.3 Å². The highest BCUT2D eigenvalue weighted by Crippen LogP contribution is 2.33. The molecule has 0 aromatic carbocycles. The van der Waals surface area contributed by atoms with Gasteiger partial charge in [0.1, 0.15) is 0 Å². The molecular weight excluding hydrogens is 322 g/mol. The van der Waals surface area contributed by atoms with Gasteiger partial charge >= 0.3 is 0 Å². The van der Waals surface area contributed by atoms with Gasteiger partial charge in [0.05, 0.1) is 6.20 Å². The van der Waals surface area contributed by atoms with Crippen molar-refractivity contribution >= 4 is 27.3 Å². The van der Waals surface area contributed by atoms with Crippen molar-refractivity contribution in [2.75, 3.05) is 0 Å². The number of nitrogens with zero attached hydrogens (tertiary/aromatic N) is 2. The van der Waals surface area contributed by atoms with Crippen LogP contribution in [0.15, 0.2) is 22.1 Å². The molecule has 3 rings (SSSR count). The van der Waals surface area contributed by atoms with Gasteiger partial charge in [-0.05, 0) is 48.2 Å². The van der Waals surface area contributed by atoms with Crippen LogP contribution in [0.3, 0.4) is 0 Å². The minimum atomic E-state index is 0.382. The minimum absolute atomic E-state index is 0.382. The molecule has 0 fully saturated rings. The molecule has 1 N–H and O–H groups in total. The lowest BCUT2D eigenvalue weighted by molar-refractivity contribution is 0.414. The number of hydrogen-bond acceptors (Lipinski definition) is 3. The van der Waals surface area contributed by atoms with Crippen LogP contribution in [0, 0.1) is 0 Å². The fourth-order valence-electron chi connectivity index (χ4n) is 2.82. The first-order valence-corrected chi connectivity index (χ1v) is 8.33. The summed E-state index contributed by atoms with van der Waals surface area (Å²) in [5.74, 6) is 0. The largest absolute Gasteiger partial charge is 0.302 e. The van der Waals surface area contributed by atoms with Gasteiger partial charge < -0.3 is 5.32 Å². The van der Waals surface area contributed by atoms with E-state index in [2.05, 4.69) is 44.7 Å². The van der Waals surface area contributed by atoms with E-state index in [1.165, 1.54) is 33.4 Å². The third kappa shape index (κ3) is 2.64. The van der Waals surface area contributed by atoms with Crippen LogP contribution in [0.4, 0.5) is 0 Å². The summed E-state index contributed by atoms with van der Waals surface area (Å²) in [6.07, 6.45) is 5.63. The Hall–Kier alpha value is -0.650. The molecule has 3 nitrogen and oxygen atoms in total. The monoisotopic (exact) mass is 339 g/mol. The Morgan fingerprint density at radius 3 is 3.16 bits per heavy atom. The third-order valence-electron chi connectivity index (χ3n) is 3.84. The number of hydrogen-bond donors (Lipinski definition) is 1. The number of rotatable bonds is 3. The lowest BCUT2D eigenvalue weighted by atomic mass is 9.92. The molecule has 2 aromatic heterocycles. The predicted molar refractivity (Wildman–Crippen MR) is 82.5 cm³/mol. The van der Waals surface area contributed by atoms with E-state index >= 15 is 0 Å². The summed E-state index contributed by atoms with van der Waals surface area (Å²) in [5.41, 5.74) is 2.78. The van der Waals surface area contributed by atoms with Crippen LogP contribution in [0.25, 0.3) is 0 Å². The van der Waals surface area contributed by atoms with E-state index < -0.39 is 0 Å². The molecular formula is C14H18BrN3S. The van der Waals surface area contributed by atoms with Crippen LogP contribution in [-0.4, -0.2) is 9.78 Å². The van der Waals surface area contributed by atoms with Gasteiger partial charge in [0.15, 0.2) is 0 Å². The van der Waals surface area contributed by atoms with Crippen LogP contribution >= 0.6 is 27.3 Å². The number of aryl methyl sites for hydroxylation is 1. The van der Waals surface area contributed by atoms with E-state index in [0.29, 0.717) is 12.1 Å². The molecule has 0 amide bonds. The second kappa shape index (κ2) is 5.38. The average Bonchev–Trinajstić information content (AvgIpc) is 2.98. The normalized spacial score (nSPS) is 20.3. The minimum Gasteiger partial charge on any atom is -0.302 e. The number of fused-ring (bicyclic) bond motifs is 1. The smallest absolute Gasteiger partial charge is 0.0540 e. The Balaban J connectivity index is 1.77. The van der Waals surface area contributed by atoms with Crippen molar-refractivity contribution < 1.29 is 0 Å². The van der Waals surface area contributed by atoms with Crippen LogP contribution in [-0.2, 0) is 13.5 Å². The molecule has 2 atom stereocenters. The van der Waals surface area contributed by atoms with E-state index in [1.54, 1.807) is 11.3 Å². The lowest BCUT2D eigenvalue weighted by Gasteiger charge is -2.26. The molecule has 2 aromatic rings. The Morgan fingerprint density at radius 1 is 1.58 bits per heavy atom. The zero-order chi connectivity index (χ0) is 13.4. The summed E-state index contributed by atoms with van der Waals surface area (Å²) < 4.78 is 3.20. The topological polar surface area (TPSA) is 29.9 Å². The standard InChI is InChI=1S/C14H18BrN3S/c1-9(14-6-10(15)8-19-14)17-12-4-3-5-13-11(12)7-16-18(13)2/h6-9,12,17H,3-5H2,1-2H3. The van der Waals surface area contributed by atoms with Gasteiger partial charge in [-0.3, -0.25) is 4.68 Å². The summed E-state index contributed by atoms with van der Waals surface area (Å²) in [7, 11) is 2.04. The highest BCUT2D eigenvalue weighted by Gasteiger charge is 2.24. The second-order valence-corrected chi connectivity index (χ2v) is 7.03. The Bertz CT molecular complexity index is 575. The summed E-state index contributed by atoms with van der Waals surface area (Å²) in [6.45, 7) is 2.24. The number of aromatic nitrogens is 2. The molecule has 5 heteroatoms. The van der Waals surface area contributed by atoms with Crippen molar-refractivity contribution in [3.63, 3.8) is 0 Å². The maximum atomic E-state index is 4.40. The first kappa shape index (κ1) is 13.3. The predicted octanol–water partition coefficient (Wildman–Crippen LogP) is 3.97. The number of halogens is 1. The summed E-state index contributed by atoms with van der Waals surface area (Å²) in [4.78, 5) is 1.38. The van der Waals surface area contributed by atoms with Crippen molar-refractivity contribution in [2.24, 2.45) is 7.05 Å². The summed E-state index contributed by atoms with van der Waals surface area (Å²) in [6, 6.07) is 3.02. The van der Waals surface area contributed by atoms with E-state index in [1.807, 2.05) is 17.9 Å². The molecule has 0 radical (unpaired) electrons. The van der Waals surface area contributed by atoms with Crippen molar-refractivity contribution in [1.82, 2.24) is 15.1 Å². The Morgan fingerprint density at radius 2 is 2.42 bits per heavy atom. The zero-order valence-corrected chi connectivity index (χ0v) is 13.6. The molecule has 0 saturated carbocycles. The SMILES string of the molecule is CC(NC1CCCc2c1cnn2C)c1cc(Br)cs1. The first-order valence-electron chi connectivity index (χ1n) is 6.66. The number of thiophene rings is 1. The van der Waals surface area contributed by atoms with Gasteiger partial charge in [-0.15, -0.1) is 11.3 Å². The molecule has 102 valence electrons. The molecule has 1 aliphatic rings. The van der Waals surface area contributed by atoms with E-state index in [9.17, 15) is 0 Å². The van der Waals surface area contributed by atoms with Crippen LogP contribution in [0.5, 0.6) is 0 Å². The molecule has 0 bridgehead atoms. The summed E-state index contributed by atoms with van der Waals surface area (Å²) >= 11 is 5.33. The highest BCUT2D eigenvalue weighted by molar-refractivity contribution is 9.10. The zero-order valence-electron chi connectivity index (χ0n) is 11.2. The maximum Gasteiger partial charge on any atom is 0.0540 e. The van der Waals surface area contributed by atoms with Crippen LogP contribution < -0.4 is 5.32 Å². The number of nitrogens with one attached hydrogen (secondary N) is 1. The van der Waals surface area contributed by atoms with Gasteiger partial charge in [-0.2, -0.15) is 5.10 Å². The summed E-state index contributed by atoms with van der Waals surface area (Å²) in [5, 5.41) is 10.3. The molecule has 1 aliphatic carbocycles. The van der Waals surface area contributed by atoms with Crippen molar-refractivity contribution in [1.29, 1.82) is 0 Å². The van der Waals surface area contributed by atoms with Crippen LogP contribution in [0.1, 0.15) is 48.0 Å². The second-order valence-electron chi connectivity index (χ2n) is 5.17. The van der Waals surface area contributed by atoms with Gasteiger partial charge in [0.2, 0.25) is 0 Å². The molecule has 19 heavy (non-hydrogen) atoms. The maximum absolute atomic E-state index is 4.40. The highest BCUT2D eigenvalue weighted by atomic mass is 79.9. The quantitative estimate of drug-likeness (QED) is 0.916. The van der Waals surface area contributed by atoms with Crippen molar-refractivity contribution in [3.05, 3.63) is 38.3 Å². The molecule has 0 spiro atoms. The van der Waals surface area contributed by atoms with E-state index in [-0.39, 0.29) is 0 Å². The Labute approximate surface area is 126 Å². The van der Waals surface area contributed by atoms with Gasteiger partial charge in [-0.1, -0.05) is 0 Å². The molecule has 0 aliphatic heterocycles. The molecule has 0 saturated heterocycles. The first-order chi connectivity index (χ1) is 9.15. The third-order valence-corrected chi connectivity index (χ3v) is 5.72. The van der Waals surface area contributed by atoms with Gasteiger partial charge in [0.25, 0.3) is 0 Å². The fourth-order valence-corrected chi connectivity index (χ4v) is 4.28. The molecule has 2 unspecified atom stereocenters. The Kier molecular flexibility index (Phi) is 3.78. The van der Waals surface area contributed by atoms with Crippen LogP contribution in [0.2, 0.25) is 0 Å². The average molecular weight is 340 g/mol. The van der Waals surface area contributed by atoms with Gasteiger partial charge in [-0.25, -0.2) is 0 Å². The van der Waals surface area contributed by atoms with E-state index in [0.717, 1.165) is 6.42 Å². The lowest BCUT2D eigenvalue weighted by Crippen LogP contribution is -2.27. The van der Waals surface area contributed by atoms with Gasteiger partial charge in [0, 0.05) is 45.1 Å². The van der Waals surface area contributed by atoms with E-state index in [4.69, 9.17) is 0 Å².